The molecule has 0 fully saturated rings. The van der Waals surface area contributed by atoms with Crippen molar-refractivity contribution in [2.24, 2.45) is 0 Å². The van der Waals surface area contributed by atoms with Crippen molar-refractivity contribution < 1.29 is 9.59 Å². The van der Waals surface area contributed by atoms with Crippen LogP contribution in [0.1, 0.15) is 78.2 Å². The minimum atomic E-state index is -0.249. The van der Waals surface area contributed by atoms with Gasteiger partial charge in [-0.05, 0) is 44.9 Å². The fourth-order valence-electron chi connectivity index (χ4n) is 3.26. The van der Waals surface area contributed by atoms with Crippen LogP contribution in [0, 0.1) is 13.8 Å². The van der Waals surface area contributed by atoms with Crippen molar-refractivity contribution in [3.63, 3.8) is 0 Å². The molecule has 0 spiro atoms. The fourth-order valence-corrected chi connectivity index (χ4v) is 4.39. The Bertz CT molecular complexity index is 1140. The highest BCUT2D eigenvalue weighted by Gasteiger charge is 2.24. The van der Waals surface area contributed by atoms with Gasteiger partial charge in [0.25, 0.3) is 11.8 Å². The Kier molecular flexibility index (Phi) is 6.46. The van der Waals surface area contributed by atoms with Gasteiger partial charge in [-0.15, -0.1) is 11.3 Å². The molecule has 0 unspecified atom stereocenters. The molecule has 2 N–H and O–H groups in total. The van der Waals surface area contributed by atoms with Gasteiger partial charge in [-0.2, -0.15) is 0 Å². The van der Waals surface area contributed by atoms with Crippen molar-refractivity contribution in [2.75, 3.05) is 5.32 Å². The average Bonchev–Trinajstić information content (AvgIpc) is 3.04. The lowest BCUT2D eigenvalue weighted by Gasteiger charge is -2.16. The third-order valence-electron chi connectivity index (χ3n) is 5.26. The Morgan fingerprint density at radius 3 is 2.42 bits per heavy atom. The van der Waals surface area contributed by atoms with Crippen LogP contribution in [0.25, 0.3) is 10.2 Å². The van der Waals surface area contributed by atoms with E-state index < -0.39 is 0 Å². The molecule has 3 aromatic rings. The standard InChI is InChI=1S/C24H30N4O2S/c1-8-13(2)25-20(29)16-11-9-10-12-17(16)27-21(30)19-14(3)18-15(4)26-23(24(5,6)7)28-22(18)31-19/h9-13H,8H2,1-7H3,(H,25,29)(H,27,30)/t13-/m1/s1. The van der Waals surface area contributed by atoms with Crippen LogP contribution in [0.15, 0.2) is 24.3 Å². The lowest BCUT2D eigenvalue weighted by atomic mass is 9.95. The maximum Gasteiger partial charge on any atom is 0.266 e. The van der Waals surface area contributed by atoms with Gasteiger partial charge in [-0.1, -0.05) is 39.8 Å². The van der Waals surface area contributed by atoms with E-state index in [1.807, 2.05) is 27.7 Å². The van der Waals surface area contributed by atoms with E-state index in [4.69, 9.17) is 4.98 Å². The number of amides is 2. The maximum absolute atomic E-state index is 13.2. The Morgan fingerprint density at radius 1 is 1.10 bits per heavy atom. The van der Waals surface area contributed by atoms with Crippen molar-refractivity contribution in [3.8, 4) is 0 Å². The summed E-state index contributed by atoms with van der Waals surface area (Å²) in [5, 5.41) is 6.80. The number of rotatable bonds is 5. The number of anilines is 1. The number of nitrogens with one attached hydrogen (secondary N) is 2. The average molecular weight is 439 g/mol. The number of hydrogen-bond acceptors (Lipinski definition) is 5. The Balaban J connectivity index is 1.96. The number of aromatic nitrogens is 2. The molecular formula is C24H30N4O2S. The van der Waals surface area contributed by atoms with Gasteiger partial charge in [0.2, 0.25) is 0 Å². The summed E-state index contributed by atoms with van der Waals surface area (Å²) < 4.78 is 0. The SMILES string of the molecule is CC[C@@H](C)NC(=O)c1ccccc1NC(=O)c1sc2nc(C(C)(C)C)nc(C)c2c1C. The number of para-hydroxylation sites is 1. The molecule has 0 saturated heterocycles. The van der Waals surface area contributed by atoms with Gasteiger partial charge in [0.15, 0.2) is 0 Å². The van der Waals surface area contributed by atoms with Crippen molar-refractivity contribution in [1.82, 2.24) is 15.3 Å². The molecule has 2 amide bonds. The summed E-state index contributed by atoms with van der Waals surface area (Å²) in [7, 11) is 0. The van der Waals surface area contributed by atoms with Crippen LogP contribution in [0.2, 0.25) is 0 Å². The molecule has 2 heterocycles. The zero-order valence-electron chi connectivity index (χ0n) is 19.2. The number of thiophene rings is 1. The maximum atomic E-state index is 13.2. The molecule has 6 nitrogen and oxygen atoms in total. The van der Waals surface area contributed by atoms with Crippen molar-refractivity contribution >= 4 is 39.1 Å². The fraction of sp³-hybridized carbons (Fsp3) is 0.417. The van der Waals surface area contributed by atoms with Gasteiger partial charge >= 0.3 is 0 Å². The van der Waals surface area contributed by atoms with Crippen molar-refractivity contribution in [2.45, 2.75) is 66.3 Å². The zero-order chi connectivity index (χ0) is 22.9. The summed E-state index contributed by atoms with van der Waals surface area (Å²) in [5.41, 5.74) is 2.48. The summed E-state index contributed by atoms with van der Waals surface area (Å²) in [6.07, 6.45) is 0.832. The predicted octanol–water partition coefficient (Wildman–Crippen LogP) is 5.39. The second-order valence-corrected chi connectivity index (χ2v) is 9.90. The van der Waals surface area contributed by atoms with Gasteiger partial charge in [0.1, 0.15) is 10.7 Å². The van der Waals surface area contributed by atoms with Crippen molar-refractivity contribution in [3.05, 3.63) is 51.8 Å². The molecule has 0 aliphatic heterocycles. The van der Waals surface area contributed by atoms with Crippen LogP contribution in [-0.4, -0.2) is 27.8 Å². The zero-order valence-corrected chi connectivity index (χ0v) is 20.0. The van der Waals surface area contributed by atoms with E-state index in [9.17, 15) is 9.59 Å². The molecule has 0 saturated carbocycles. The van der Waals surface area contributed by atoms with E-state index in [-0.39, 0.29) is 23.3 Å². The molecule has 0 aliphatic carbocycles. The Hall–Kier alpha value is -2.80. The van der Waals surface area contributed by atoms with E-state index in [2.05, 4.69) is 36.4 Å². The Morgan fingerprint density at radius 2 is 1.77 bits per heavy atom. The lowest BCUT2D eigenvalue weighted by Crippen LogP contribution is -2.32. The van der Waals surface area contributed by atoms with E-state index in [1.165, 1.54) is 11.3 Å². The number of carbonyl (C=O) groups excluding carboxylic acids is 2. The first-order valence-corrected chi connectivity index (χ1v) is 11.3. The number of fused-ring (bicyclic) bond motifs is 1. The van der Waals surface area contributed by atoms with Gasteiger partial charge in [-0.25, -0.2) is 9.97 Å². The molecule has 164 valence electrons. The molecule has 0 aliphatic rings. The number of benzene rings is 1. The van der Waals surface area contributed by atoms with E-state index in [1.54, 1.807) is 24.3 Å². The van der Waals surface area contributed by atoms with Crippen molar-refractivity contribution in [1.29, 1.82) is 0 Å². The summed E-state index contributed by atoms with van der Waals surface area (Å²) in [4.78, 5) is 36.6. The molecule has 1 atom stereocenters. The molecule has 3 rings (SSSR count). The smallest absolute Gasteiger partial charge is 0.266 e. The lowest BCUT2D eigenvalue weighted by molar-refractivity contribution is 0.0940. The van der Waals surface area contributed by atoms with Gasteiger partial charge in [0, 0.05) is 16.8 Å². The van der Waals surface area contributed by atoms with E-state index in [0.29, 0.717) is 16.1 Å². The predicted molar refractivity (Wildman–Crippen MR) is 127 cm³/mol. The van der Waals surface area contributed by atoms with Gasteiger partial charge in [0.05, 0.1) is 21.8 Å². The van der Waals surface area contributed by atoms with Gasteiger partial charge < -0.3 is 10.6 Å². The highest BCUT2D eigenvalue weighted by atomic mass is 32.1. The highest BCUT2D eigenvalue weighted by molar-refractivity contribution is 7.20. The summed E-state index contributed by atoms with van der Waals surface area (Å²) in [6, 6.07) is 7.11. The van der Waals surface area contributed by atoms with Crippen LogP contribution >= 0.6 is 11.3 Å². The molecule has 2 aromatic heterocycles. The quantitative estimate of drug-likeness (QED) is 0.560. The Labute approximate surface area is 187 Å². The number of carbonyl (C=O) groups is 2. The van der Waals surface area contributed by atoms with Crippen LogP contribution in [0.5, 0.6) is 0 Å². The van der Waals surface area contributed by atoms with E-state index in [0.717, 1.165) is 33.7 Å². The second kappa shape index (κ2) is 8.75. The summed E-state index contributed by atoms with van der Waals surface area (Å²) in [5.74, 6) is 0.314. The molecular weight excluding hydrogens is 408 g/mol. The largest absolute Gasteiger partial charge is 0.350 e. The minimum Gasteiger partial charge on any atom is -0.350 e. The van der Waals surface area contributed by atoms with E-state index >= 15 is 0 Å². The first-order valence-electron chi connectivity index (χ1n) is 10.5. The van der Waals surface area contributed by atoms with Gasteiger partial charge in [-0.3, -0.25) is 9.59 Å². The topological polar surface area (TPSA) is 84.0 Å². The first kappa shape index (κ1) is 22.9. The first-order chi connectivity index (χ1) is 14.5. The second-order valence-electron chi connectivity index (χ2n) is 8.90. The van der Waals surface area contributed by atoms with Crippen LogP contribution < -0.4 is 10.6 Å². The third-order valence-corrected chi connectivity index (χ3v) is 6.44. The molecule has 7 heteroatoms. The van der Waals surface area contributed by atoms with Crippen LogP contribution in [0.4, 0.5) is 5.69 Å². The highest BCUT2D eigenvalue weighted by Crippen LogP contribution is 2.33. The van der Waals surface area contributed by atoms with Crippen LogP contribution in [0.3, 0.4) is 0 Å². The summed E-state index contributed by atoms with van der Waals surface area (Å²) in [6.45, 7) is 14.1. The number of aryl methyl sites for hydroxylation is 2. The molecule has 0 radical (unpaired) electrons. The third kappa shape index (κ3) is 4.77. The molecule has 1 aromatic carbocycles. The monoisotopic (exact) mass is 438 g/mol. The van der Waals surface area contributed by atoms with Crippen LogP contribution in [-0.2, 0) is 5.41 Å². The number of nitrogens with zero attached hydrogens (tertiary/aromatic N) is 2. The normalized spacial score (nSPS) is 12.6. The molecule has 31 heavy (non-hydrogen) atoms. The summed E-state index contributed by atoms with van der Waals surface area (Å²) >= 11 is 1.36. The minimum absolute atomic E-state index is 0.0552. The molecule has 0 bridgehead atoms. The number of hydrogen-bond donors (Lipinski definition) is 2.